The summed E-state index contributed by atoms with van der Waals surface area (Å²) in [6, 6.07) is 12.8. The van der Waals surface area contributed by atoms with Gasteiger partial charge in [-0.05, 0) is 73.2 Å². The fourth-order valence-corrected chi connectivity index (χ4v) is 5.67. The number of carbonyl (C=O) groups is 1. The molecule has 1 aromatic heterocycles. The molecule has 1 aliphatic heterocycles. The molecule has 0 unspecified atom stereocenters. The summed E-state index contributed by atoms with van der Waals surface area (Å²) in [5.41, 5.74) is 4.68. The molecular weight excluding hydrogens is 440 g/mol. The van der Waals surface area contributed by atoms with Gasteiger partial charge in [0.15, 0.2) is 5.78 Å². The van der Waals surface area contributed by atoms with Gasteiger partial charge in [0.25, 0.3) is 0 Å². The Morgan fingerprint density at radius 2 is 1.76 bits per heavy atom. The van der Waals surface area contributed by atoms with Crippen molar-refractivity contribution >= 4 is 34.0 Å². The molecular formula is C26H23F2N3OS. The van der Waals surface area contributed by atoms with Gasteiger partial charge in [0, 0.05) is 12.8 Å². The van der Waals surface area contributed by atoms with Crippen molar-refractivity contribution in [1.82, 2.24) is 4.98 Å². The number of Topliss-reactive ketones (excluding diaryl/α,β-unsaturated/α-hetero) is 1. The Morgan fingerprint density at radius 1 is 1.09 bits per heavy atom. The molecule has 3 aromatic rings. The number of thiazole rings is 1. The number of hydrogen-bond donors (Lipinski definition) is 0. The van der Waals surface area contributed by atoms with Gasteiger partial charge in [-0.25, -0.2) is 18.8 Å². The number of halogens is 2. The lowest BCUT2D eigenvalue weighted by Crippen LogP contribution is -2.28. The molecule has 2 aliphatic rings. The van der Waals surface area contributed by atoms with Crippen molar-refractivity contribution in [3.63, 3.8) is 0 Å². The van der Waals surface area contributed by atoms with Crippen LogP contribution in [0.25, 0.3) is 6.08 Å². The number of fused-ring (bicyclic) bond motifs is 1. The summed E-state index contributed by atoms with van der Waals surface area (Å²) < 4.78 is 27.0. The highest BCUT2D eigenvalue weighted by Crippen LogP contribution is 2.47. The minimum Gasteiger partial charge on any atom is -0.294 e. The second-order valence-electron chi connectivity index (χ2n) is 8.51. The van der Waals surface area contributed by atoms with Gasteiger partial charge in [-0.3, -0.25) is 4.79 Å². The lowest BCUT2D eigenvalue weighted by molar-refractivity contribution is 0.102. The molecule has 7 heteroatoms. The average Bonchev–Trinajstić information content (AvgIpc) is 3.37. The van der Waals surface area contributed by atoms with Crippen LogP contribution in [0, 0.1) is 24.5 Å². The molecule has 0 saturated heterocycles. The minimum absolute atomic E-state index is 0.0178. The zero-order chi connectivity index (χ0) is 23.1. The molecule has 2 aromatic carbocycles. The summed E-state index contributed by atoms with van der Waals surface area (Å²) >= 11 is 1.34. The number of hydrazone groups is 1. The molecule has 0 radical (unpaired) electrons. The lowest BCUT2D eigenvalue weighted by atomic mass is 9.77. The number of hydrogen-bond acceptors (Lipinski definition) is 5. The third-order valence-corrected chi connectivity index (χ3v) is 7.47. The van der Waals surface area contributed by atoms with Crippen LogP contribution in [0.2, 0.25) is 0 Å². The predicted octanol–water partition coefficient (Wildman–Crippen LogP) is 6.73. The average molecular weight is 464 g/mol. The fraction of sp³-hybridized carbons (Fsp3) is 0.269. The highest BCUT2D eigenvalue weighted by atomic mass is 32.1. The summed E-state index contributed by atoms with van der Waals surface area (Å²) in [5, 5.41) is 7.59. The summed E-state index contributed by atoms with van der Waals surface area (Å²) in [6.45, 7) is 3.38. The van der Waals surface area contributed by atoms with Crippen LogP contribution in [0.15, 0.2) is 59.2 Å². The van der Waals surface area contributed by atoms with Gasteiger partial charge in [-0.15, -0.1) is 0 Å². The van der Waals surface area contributed by atoms with Gasteiger partial charge in [-0.1, -0.05) is 35.6 Å². The number of allylic oxidation sites excluding steroid dienone is 1. The zero-order valence-corrected chi connectivity index (χ0v) is 19.2. The van der Waals surface area contributed by atoms with Crippen LogP contribution >= 0.6 is 11.3 Å². The first-order valence-corrected chi connectivity index (χ1v) is 11.8. The second-order valence-corrected chi connectivity index (χ2v) is 9.49. The van der Waals surface area contributed by atoms with Crippen LogP contribution in [0.5, 0.6) is 0 Å². The van der Waals surface area contributed by atoms with E-state index in [2.05, 4.69) is 11.1 Å². The number of aromatic nitrogens is 1. The number of carbonyl (C=O) groups excluding carboxylic acids is 1. The van der Waals surface area contributed by atoms with Gasteiger partial charge in [-0.2, -0.15) is 5.10 Å². The standard InChI is InChI=1S/C26H23F2N3OS/c1-15-25(16(2)32)33-26(29-15)31-24(18-8-12-21(28)13-9-18)22-5-3-4-19(23(22)30-31)14-17-6-10-20(27)11-7-17/h6-14,22,24H,3-5H2,1-2H3/b19-14-/t22-,24+/m0/s1. The summed E-state index contributed by atoms with van der Waals surface area (Å²) in [6.07, 6.45) is 4.90. The predicted molar refractivity (Wildman–Crippen MR) is 128 cm³/mol. The Balaban J connectivity index is 1.60. The van der Waals surface area contributed by atoms with Crippen LogP contribution in [-0.4, -0.2) is 16.5 Å². The Labute approximate surface area is 195 Å². The molecule has 0 spiro atoms. The van der Waals surface area contributed by atoms with E-state index < -0.39 is 0 Å². The van der Waals surface area contributed by atoms with Crippen molar-refractivity contribution in [2.45, 2.75) is 39.2 Å². The Hall–Kier alpha value is -3.19. The Bertz CT molecular complexity index is 1260. The molecule has 1 saturated carbocycles. The Morgan fingerprint density at radius 3 is 2.39 bits per heavy atom. The van der Waals surface area contributed by atoms with Crippen LogP contribution in [0.1, 0.15) is 58.7 Å². The highest BCUT2D eigenvalue weighted by molar-refractivity contribution is 7.17. The molecule has 33 heavy (non-hydrogen) atoms. The third-order valence-electron chi connectivity index (χ3n) is 6.23. The first-order valence-electron chi connectivity index (χ1n) is 11.0. The van der Waals surface area contributed by atoms with Crippen molar-refractivity contribution in [3.8, 4) is 0 Å². The molecule has 0 amide bonds. The third kappa shape index (κ3) is 4.13. The SMILES string of the molecule is CC(=O)c1sc(N2N=C3/C(=C\c4ccc(F)cc4)CCC[C@@H]3[C@H]2c2ccc(F)cc2)nc1C. The molecule has 2 heterocycles. The largest absolute Gasteiger partial charge is 0.294 e. The number of anilines is 1. The molecule has 1 aliphatic carbocycles. The number of ketones is 1. The van der Waals surface area contributed by atoms with Crippen molar-refractivity contribution in [2.75, 3.05) is 5.01 Å². The molecule has 1 fully saturated rings. The first kappa shape index (κ1) is 21.6. The summed E-state index contributed by atoms with van der Waals surface area (Å²) in [5.74, 6) is -0.453. The van der Waals surface area contributed by atoms with E-state index >= 15 is 0 Å². The maximum Gasteiger partial charge on any atom is 0.207 e. The molecule has 0 bridgehead atoms. The molecule has 5 rings (SSSR count). The molecule has 2 atom stereocenters. The van der Waals surface area contributed by atoms with Crippen molar-refractivity contribution in [1.29, 1.82) is 0 Å². The first-order chi connectivity index (χ1) is 15.9. The normalized spacial score (nSPS) is 21.3. The van der Waals surface area contributed by atoms with Gasteiger partial charge in [0.1, 0.15) is 11.6 Å². The monoisotopic (exact) mass is 463 g/mol. The van der Waals surface area contributed by atoms with E-state index in [4.69, 9.17) is 5.10 Å². The van der Waals surface area contributed by atoms with E-state index in [9.17, 15) is 13.6 Å². The second kappa shape index (κ2) is 8.63. The molecule has 0 N–H and O–H groups in total. The smallest absolute Gasteiger partial charge is 0.207 e. The van der Waals surface area contributed by atoms with Crippen LogP contribution in [0.4, 0.5) is 13.9 Å². The number of aryl methyl sites for hydroxylation is 1. The van der Waals surface area contributed by atoms with E-state index in [1.807, 2.05) is 11.9 Å². The number of benzene rings is 2. The summed E-state index contributed by atoms with van der Waals surface area (Å²) in [7, 11) is 0. The molecule has 168 valence electrons. The molecule has 4 nitrogen and oxygen atoms in total. The topological polar surface area (TPSA) is 45.6 Å². The van der Waals surface area contributed by atoms with E-state index in [-0.39, 0.29) is 29.4 Å². The van der Waals surface area contributed by atoms with E-state index in [0.717, 1.165) is 41.7 Å². The van der Waals surface area contributed by atoms with Crippen LogP contribution in [-0.2, 0) is 0 Å². The van der Waals surface area contributed by atoms with Gasteiger partial charge in [0.2, 0.25) is 5.13 Å². The quantitative estimate of drug-likeness (QED) is 0.403. The van der Waals surface area contributed by atoms with E-state index in [0.29, 0.717) is 15.7 Å². The van der Waals surface area contributed by atoms with Gasteiger partial charge >= 0.3 is 0 Å². The minimum atomic E-state index is -0.283. The van der Waals surface area contributed by atoms with Crippen LogP contribution in [0.3, 0.4) is 0 Å². The van der Waals surface area contributed by atoms with E-state index in [1.165, 1.54) is 35.6 Å². The van der Waals surface area contributed by atoms with Gasteiger partial charge in [0.05, 0.1) is 22.3 Å². The van der Waals surface area contributed by atoms with Gasteiger partial charge < -0.3 is 0 Å². The number of rotatable bonds is 4. The lowest BCUT2D eigenvalue weighted by Gasteiger charge is -2.29. The van der Waals surface area contributed by atoms with Crippen molar-refractivity contribution in [3.05, 3.63) is 87.4 Å². The highest BCUT2D eigenvalue weighted by Gasteiger charge is 2.43. The van der Waals surface area contributed by atoms with Crippen LogP contribution < -0.4 is 5.01 Å². The van der Waals surface area contributed by atoms with Crippen molar-refractivity contribution < 1.29 is 13.6 Å². The Kier molecular flexibility index (Phi) is 5.66. The number of nitrogens with zero attached hydrogens (tertiary/aromatic N) is 3. The maximum atomic E-state index is 13.7. The van der Waals surface area contributed by atoms with Crippen molar-refractivity contribution in [2.24, 2.45) is 11.0 Å². The maximum absolute atomic E-state index is 13.7. The van der Waals surface area contributed by atoms with E-state index in [1.54, 1.807) is 31.2 Å². The summed E-state index contributed by atoms with van der Waals surface area (Å²) in [4.78, 5) is 17.3. The fourth-order valence-electron chi connectivity index (χ4n) is 4.72. The zero-order valence-electron chi connectivity index (χ0n) is 18.4.